The molecular weight excluding hydrogens is 164 g/mol. The maximum absolute atomic E-state index is 9.23. The summed E-state index contributed by atoms with van der Waals surface area (Å²) < 4.78 is 5.48. The molecule has 0 aliphatic carbocycles. The summed E-state index contributed by atoms with van der Waals surface area (Å²) in [5.74, 6) is 1.68. The summed E-state index contributed by atoms with van der Waals surface area (Å²) >= 11 is 0. The average molecular weight is 178 g/mol. The zero-order valence-corrected chi connectivity index (χ0v) is 7.79. The highest BCUT2D eigenvalue weighted by Crippen LogP contribution is 2.38. The average Bonchev–Trinajstić information content (AvgIpc) is 2.49. The molecule has 0 radical (unpaired) electrons. The van der Waals surface area contributed by atoms with Gasteiger partial charge >= 0.3 is 0 Å². The molecule has 1 heterocycles. The van der Waals surface area contributed by atoms with Crippen molar-refractivity contribution in [3.63, 3.8) is 0 Å². The van der Waals surface area contributed by atoms with Crippen LogP contribution in [0.5, 0.6) is 11.5 Å². The molecule has 1 N–H and O–H groups in total. The normalized spacial score (nSPS) is 19.6. The standard InChI is InChI=1S/C11H14O2/c1-2-3-8-7-13-11-6-9(12)4-5-10(8)11/h4-6,8,12H,2-3,7H2,1H3. The van der Waals surface area contributed by atoms with Crippen molar-refractivity contribution in [1.82, 2.24) is 0 Å². The lowest BCUT2D eigenvalue weighted by Gasteiger charge is -2.05. The van der Waals surface area contributed by atoms with Crippen molar-refractivity contribution < 1.29 is 9.84 Å². The quantitative estimate of drug-likeness (QED) is 0.754. The van der Waals surface area contributed by atoms with Crippen LogP contribution < -0.4 is 4.74 Å². The molecular formula is C11H14O2. The Morgan fingerprint density at radius 2 is 2.38 bits per heavy atom. The second-order valence-electron chi connectivity index (χ2n) is 3.52. The van der Waals surface area contributed by atoms with Crippen molar-refractivity contribution in [1.29, 1.82) is 0 Å². The van der Waals surface area contributed by atoms with Crippen molar-refractivity contribution in [3.8, 4) is 11.5 Å². The van der Waals surface area contributed by atoms with Crippen molar-refractivity contribution in [2.45, 2.75) is 25.7 Å². The molecule has 1 aromatic carbocycles. The third-order valence-electron chi connectivity index (χ3n) is 2.51. The largest absolute Gasteiger partial charge is 0.508 e. The predicted molar refractivity (Wildman–Crippen MR) is 51.3 cm³/mol. The van der Waals surface area contributed by atoms with E-state index in [0.717, 1.165) is 18.8 Å². The summed E-state index contributed by atoms with van der Waals surface area (Å²) in [7, 11) is 0. The molecule has 2 rings (SSSR count). The van der Waals surface area contributed by atoms with Crippen LogP contribution in [-0.4, -0.2) is 11.7 Å². The molecule has 13 heavy (non-hydrogen) atoms. The molecule has 1 aliphatic rings. The minimum absolute atomic E-state index is 0.288. The van der Waals surface area contributed by atoms with E-state index in [-0.39, 0.29) is 5.75 Å². The second kappa shape index (κ2) is 3.29. The van der Waals surface area contributed by atoms with E-state index in [9.17, 15) is 5.11 Å². The lowest BCUT2D eigenvalue weighted by molar-refractivity contribution is 0.323. The fraction of sp³-hybridized carbons (Fsp3) is 0.455. The highest BCUT2D eigenvalue weighted by atomic mass is 16.5. The number of ether oxygens (including phenoxy) is 1. The maximum atomic E-state index is 9.23. The maximum Gasteiger partial charge on any atom is 0.126 e. The minimum Gasteiger partial charge on any atom is -0.508 e. The molecule has 0 saturated carbocycles. The van der Waals surface area contributed by atoms with Gasteiger partial charge < -0.3 is 9.84 Å². The highest BCUT2D eigenvalue weighted by molar-refractivity contribution is 5.44. The molecule has 0 saturated heterocycles. The van der Waals surface area contributed by atoms with Crippen LogP contribution in [0.3, 0.4) is 0 Å². The lowest BCUT2D eigenvalue weighted by Crippen LogP contribution is -1.99. The third-order valence-corrected chi connectivity index (χ3v) is 2.51. The van der Waals surface area contributed by atoms with Gasteiger partial charge in [-0.05, 0) is 12.5 Å². The predicted octanol–water partition coefficient (Wildman–Crippen LogP) is 2.67. The molecule has 0 fully saturated rings. The Bertz CT molecular complexity index is 307. The number of fused-ring (bicyclic) bond motifs is 1. The summed E-state index contributed by atoms with van der Waals surface area (Å²) in [6.07, 6.45) is 2.34. The van der Waals surface area contributed by atoms with Gasteiger partial charge in [-0.2, -0.15) is 0 Å². The Balaban J connectivity index is 2.27. The molecule has 1 aliphatic heterocycles. The number of rotatable bonds is 2. The monoisotopic (exact) mass is 178 g/mol. The molecule has 1 atom stereocenters. The fourth-order valence-corrected chi connectivity index (χ4v) is 1.85. The van der Waals surface area contributed by atoms with Crippen LogP contribution in [0.1, 0.15) is 31.2 Å². The number of phenols is 1. The van der Waals surface area contributed by atoms with E-state index in [4.69, 9.17) is 4.74 Å². The van der Waals surface area contributed by atoms with E-state index in [1.807, 2.05) is 6.07 Å². The van der Waals surface area contributed by atoms with E-state index in [1.54, 1.807) is 12.1 Å². The van der Waals surface area contributed by atoms with Gasteiger partial charge in [-0.15, -0.1) is 0 Å². The molecule has 2 heteroatoms. The minimum atomic E-state index is 0.288. The van der Waals surface area contributed by atoms with Crippen molar-refractivity contribution in [3.05, 3.63) is 23.8 Å². The first-order valence-electron chi connectivity index (χ1n) is 4.77. The number of hydrogen-bond donors (Lipinski definition) is 1. The van der Waals surface area contributed by atoms with Crippen LogP contribution in [0.4, 0.5) is 0 Å². The smallest absolute Gasteiger partial charge is 0.126 e. The molecule has 1 aromatic rings. The zero-order valence-electron chi connectivity index (χ0n) is 7.79. The molecule has 0 aromatic heterocycles. The third kappa shape index (κ3) is 1.48. The van der Waals surface area contributed by atoms with Crippen LogP contribution in [0.15, 0.2) is 18.2 Å². The molecule has 1 unspecified atom stereocenters. The Kier molecular flexibility index (Phi) is 2.13. The van der Waals surface area contributed by atoms with Gasteiger partial charge in [0.2, 0.25) is 0 Å². The highest BCUT2D eigenvalue weighted by Gasteiger charge is 2.23. The zero-order chi connectivity index (χ0) is 9.26. The molecule has 2 nitrogen and oxygen atoms in total. The van der Waals surface area contributed by atoms with Gasteiger partial charge in [0, 0.05) is 17.5 Å². The molecule has 0 spiro atoms. The van der Waals surface area contributed by atoms with Gasteiger partial charge in [0.1, 0.15) is 11.5 Å². The van der Waals surface area contributed by atoms with Crippen LogP contribution in [0, 0.1) is 0 Å². The van der Waals surface area contributed by atoms with Gasteiger partial charge in [0.25, 0.3) is 0 Å². The van der Waals surface area contributed by atoms with Gasteiger partial charge in [-0.1, -0.05) is 19.4 Å². The topological polar surface area (TPSA) is 29.5 Å². The number of hydrogen-bond acceptors (Lipinski definition) is 2. The van der Waals surface area contributed by atoms with Gasteiger partial charge in [-0.3, -0.25) is 0 Å². The summed E-state index contributed by atoms with van der Waals surface area (Å²) in [4.78, 5) is 0. The van der Waals surface area contributed by atoms with Gasteiger partial charge in [0.15, 0.2) is 0 Å². The van der Waals surface area contributed by atoms with E-state index < -0.39 is 0 Å². The Morgan fingerprint density at radius 3 is 3.15 bits per heavy atom. The second-order valence-corrected chi connectivity index (χ2v) is 3.52. The van der Waals surface area contributed by atoms with Crippen LogP contribution in [0.25, 0.3) is 0 Å². The first kappa shape index (κ1) is 8.42. The van der Waals surface area contributed by atoms with Gasteiger partial charge in [0.05, 0.1) is 6.61 Å². The number of benzene rings is 1. The Labute approximate surface area is 78.2 Å². The summed E-state index contributed by atoms with van der Waals surface area (Å²) in [5.41, 5.74) is 1.25. The van der Waals surface area contributed by atoms with Crippen molar-refractivity contribution in [2.75, 3.05) is 6.61 Å². The number of phenolic OH excluding ortho intramolecular Hbond substituents is 1. The van der Waals surface area contributed by atoms with E-state index in [2.05, 4.69) is 6.92 Å². The van der Waals surface area contributed by atoms with Crippen molar-refractivity contribution in [2.24, 2.45) is 0 Å². The molecule has 0 amide bonds. The first-order valence-corrected chi connectivity index (χ1v) is 4.77. The van der Waals surface area contributed by atoms with Crippen LogP contribution >= 0.6 is 0 Å². The summed E-state index contributed by atoms with van der Waals surface area (Å²) in [6, 6.07) is 5.40. The van der Waals surface area contributed by atoms with E-state index >= 15 is 0 Å². The SMILES string of the molecule is CCCC1COc2cc(O)ccc21. The summed E-state index contributed by atoms with van der Waals surface area (Å²) in [5, 5.41) is 9.23. The summed E-state index contributed by atoms with van der Waals surface area (Å²) in [6.45, 7) is 2.95. The van der Waals surface area contributed by atoms with Crippen LogP contribution in [0.2, 0.25) is 0 Å². The van der Waals surface area contributed by atoms with E-state index in [1.165, 1.54) is 12.0 Å². The Hall–Kier alpha value is -1.18. The lowest BCUT2D eigenvalue weighted by atomic mass is 9.97. The fourth-order valence-electron chi connectivity index (χ4n) is 1.85. The molecule has 70 valence electrons. The Morgan fingerprint density at radius 1 is 1.54 bits per heavy atom. The van der Waals surface area contributed by atoms with Crippen molar-refractivity contribution >= 4 is 0 Å². The van der Waals surface area contributed by atoms with Gasteiger partial charge in [-0.25, -0.2) is 0 Å². The van der Waals surface area contributed by atoms with Crippen LogP contribution in [-0.2, 0) is 0 Å². The van der Waals surface area contributed by atoms with E-state index in [0.29, 0.717) is 5.92 Å². The number of aromatic hydroxyl groups is 1. The molecule has 0 bridgehead atoms. The first-order chi connectivity index (χ1) is 6.31.